The van der Waals surface area contributed by atoms with Crippen LogP contribution in [0.4, 0.5) is 5.69 Å². The highest BCUT2D eigenvalue weighted by Crippen LogP contribution is 2.33. The molecule has 15 heavy (non-hydrogen) atoms. The SMILES string of the molecule is C=C(C)c1cc(Cl)cc(C(C)CC)c1N. The van der Waals surface area contributed by atoms with Gasteiger partial charge in [0.05, 0.1) is 0 Å². The summed E-state index contributed by atoms with van der Waals surface area (Å²) in [5.41, 5.74) is 9.99. The molecule has 0 fully saturated rings. The zero-order valence-electron chi connectivity index (χ0n) is 9.60. The Labute approximate surface area is 96.9 Å². The topological polar surface area (TPSA) is 26.0 Å². The molecule has 1 atom stereocenters. The molecule has 0 saturated carbocycles. The fourth-order valence-corrected chi connectivity index (χ4v) is 1.85. The molecule has 0 aliphatic carbocycles. The van der Waals surface area contributed by atoms with Gasteiger partial charge in [0.25, 0.3) is 0 Å². The minimum absolute atomic E-state index is 0.432. The van der Waals surface area contributed by atoms with E-state index in [0.717, 1.165) is 33.8 Å². The lowest BCUT2D eigenvalue weighted by atomic mass is 9.93. The molecule has 2 N–H and O–H groups in total. The minimum atomic E-state index is 0.432. The highest BCUT2D eigenvalue weighted by Gasteiger charge is 2.12. The molecule has 82 valence electrons. The number of benzene rings is 1. The molecule has 0 bridgehead atoms. The summed E-state index contributed by atoms with van der Waals surface area (Å²) in [5.74, 6) is 0.432. The van der Waals surface area contributed by atoms with Crippen molar-refractivity contribution < 1.29 is 0 Å². The van der Waals surface area contributed by atoms with E-state index in [2.05, 4.69) is 20.4 Å². The normalized spacial score (nSPS) is 12.5. The molecule has 0 amide bonds. The van der Waals surface area contributed by atoms with Gasteiger partial charge in [-0.15, -0.1) is 0 Å². The molecule has 0 spiro atoms. The molecular weight excluding hydrogens is 206 g/mol. The van der Waals surface area contributed by atoms with E-state index in [0.29, 0.717) is 5.92 Å². The Morgan fingerprint density at radius 2 is 2.13 bits per heavy atom. The maximum atomic E-state index is 6.11. The van der Waals surface area contributed by atoms with E-state index in [-0.39, 0.29) is 0 Å². The van der Waals surface area contributed by atoms with E-state index < -0.39 is 0 Å². The number of hydrogen-bond donors (Lipinski definition) is 1. The summed E-state index contributed by atoms with van der Waals surface area (Å²) in [7, 11) is 0. The molecule has 1 aromatic carbocycles. The molecule has 0 radical (unpaired) electrons. The average molecular weight is 224 g/mol. The third-order valence-corrected chi connectivity index (χ3v) is 3.00. The van der Waals surface area contributed by atoms with Gasteiger partial charge in [0.2, 0.25) is 0 Å². The van der Waals surface area contributed by atoms with Gasteiger partial charge in [-0.3, -0.25) is 0 Å². The fourth-order valence-electron chi connectivity index (χ4n) is 1.62. The van der Waals surface area contributed by atoms with Gasteiger partial charge >= 0.3 is 0 Å². The predicted octanol–water partition coefficient (Wildman–Crippen LogP) is 4.47. The Balaban J connectivity index is 3.34. The molecule has 1 nitrogen and oxygen atoms in total. The van der Waals surface area contributed by atoms with Crippen molar-refractivity contribution in [2.24, 2.45) is 0 Å². The van der Waals surface area contributed by atoms with Gasteiger partial charge < -0.3 is 5.73 Å². The molecule has 0 aliphatic rings. The summed E-state index contributed by atoms with van der Waals surface area (Å²) in [6.07, 6.45) is 1.06. The molecule has 1 aromatic rings. The monoisotopic (exact) mass is 223 g/mol. The lowest BCUT2D eigenvalue weighted by Crippen LogP contribution is -2.02. The summed E-state index contributed by atoms with van der Waals surface area (Å²) >= 11 is 6.07. The van der Waals surface area contributed by atoms with Gasteiger partial charge in [-0.2, -0.15) is 0 Å². The summed E-state index contributed by atoms with van der Waals surface area (Å²) < 4.78 is 0. The average Bonchev–Trinajstić information content (AvgIpc) is 2.19. The molecule has 0 aromatic heterocycles. The second kappa shape index (κ2) is 4.71. The third kappa shape index (κ3) is 2.54. The van der Waals surface area contributed by atoms with E-state index in [1.165, 1.54) is 0 Å². The lowest BCUT2D eigenvalue weighted by molar-refractivity contribution is 0.736. The smallest absolute Gasteiger partial charge is 0.0426 e. The van der Waals surface area contributed by atoms with Crippen LogP contribution < -0.4 is 5.73 Å². The molecule has 0 aliphatic heterocycles. The van der Waals surface area contributed by atoms with Crippen LogP contribution in [0.3, 0.4) is 0 Å². The van der Waals surface area contributed by atoms with E-state index in [1.807, 2.05) is 19.1 Å². The quantitative estimate of drug-likeness (QED) is 0.752. The van der Waals surface area contributed by atoms with Crippen molar-refractivity contribution in [1.82, 2.24) is 0 Å². The predicted molar refractivity (Wildman–Crippen MR) is 69.3 cm³/mol. The summed E-state index contributed by atoms with van der Waals surface area (Å²) in [6, 6.07) is 3.84. The van der Waals surface area contributed by atoms with Crippen LogP contribution in [0.15, 0.2) is 18.7 Å². The second-order valence-electron chi connectivity index (χ2n) is 4.05. The fraction of sp³-hybridized carbons (Fsp3) is 0.385. The van der Waals surface area contributed by atoms with Gasteiger partial charge in [-0.05, 0) is 42.5 Å². The Hall–Kier alpha value is -0.950. The molecular formula is C13H18ClN. The number of anilines is 1. The zero-order valence-corrected chi connectivity index (χ0v) is 10.4. The number of halogens is 1. The Bertz CT molecular complexity index is 382. The molecule has 1 unspecified atom stereocenters. The van der Waals surface area contributed by atoms with Crippen LogP contribution in [0.1, 0.15) is 44.2 Å². The molecule has 0 saturated heterocycles. The molecule has 0 heterocycles. The largest absolute Gasteiger partial charge is 0.398 e. The van der Waals surface area contributed by atoms with Crippen molar-refractivity contribution >= 4 is 22.9 Å². The Morgan fingerprint density at radius 1 is 1.53 bits per heavy atom. The third-order valence-electron chi connectivity index (χ3n) is 2.78. The van der Waals surface area contributed by atoms with Gasteiger partial charge in [-0.25, -0.2) is 0 Å². The van der Waals surface area contributed by atoms with Crippen LogP contribution in [0.5, 0.6) is 0 Å². The Kier molecular flexibility index (Phi) is 3.81. The van der Waals surface area contributed by atoms with Crippen LogP contribution in [0.25, 0.3) is 5.57 Å². The Morgan fingerprint density at radius 3 is 2.60 bits per heavy atom. The van der Waals surface area contributed by atoms with Crippen LogP contribution in [0.2, 0.25) is 5.02 Å². The van der Waals surface area contributed by atoms with Crippen molar-refractivity contribution in [3.8, 4) is 0 Å². The van der Waals surface area contributed by atoms with Gasteiger partial charge in [0.1, 0.15) is 0 Å². The van der Waals surface area contributed by atoms with E-state index >= 15 is 0 Å². The summed E-state index contributed by atoms with van der Waals surface area (Å²) in [5, 5.41) is 0.734. The number of allylic oxidation sites excluding steroid dienone is 1. The zero-order chi connectivity index (χ0) is 11.6. The van der Waals surface area contributed by atoms with Crippen LogP contribution >= 0.6 is 11.6 Å². The van der Waals surface area contributed by atoms with E-state index in [9.17, 15) is 0 Å². The van der Waals surface area contributed by atoms with Crippen LogP contribution in [0, 0.1) is 0 Å². The lowest BCUT2D eigenvalue weighted by Gasteiger charge is -2.16. The number of rotatable bonds is 3. The first-order valence-electron chi connectivity index (χ1n) is 5.22. The standard InChI is InChI=1S/C13H18ClN/c1-5-9(4)12-7-10(14)6-11(8(2)3)13(12)15/h6-7,9H,2,5,15H2,1,3-4H3. The first-order chi connectivity index (χ1) is 6.97. The van der Waals surface area contributed by atoms with E-state index in [4.69, 9.17) is 17.3 Å². The first kappa shape index (κ1) is 12.1. The number of nitrogens with two attached hydrogens (primary N) is 1. The maximum Gasteiger partial charge on any atom is 0.0426 e. The molecule has 1 rings (SSSR count). The van der Waals surface area contributed by atoms with Crippen molar-refractivity contribution in [3.63, 3.8) is 0 Å². The van der Waals surface area contributed by atoms with Gasteiger partial charge in [-0.1, -0.05) is 32.0 Å². The van der Waals surface area contributed by atoms with Crippen molar-refractivity contribution in [2.75, 3.05) is 5.73 Å². The summed E-state index contributed by atoms with van der Waals surface area (Å²) in [4.78, 5) is 0. The highest BCUT2D eigenvalue weighted by atomic mass is 35.5. The van der Waals surface area contributed by atoms with Crippen molar-refractivity contribution in [3.05, 3.63) is 34.9 Å². The van der Waals surface area contributed by atoms with Gasteiger partial charge in [0.15, 0.2) is 0 Å². The first-order valence-corrected chi connectivity index (χ1v) is 5.60. The van der Waals surface area contributed by atoms with Crippen molar-refractivity contribution in [2.45, 2.75) is 33.1 Å². The van der Waals surface area contributed by atoms with Crippen molar-refractivity contribution in [1.29, 1.82) is 0 Å². The van der Waals surface area contributed by atoms with Crippen LogP contribution in [-0.2, 0) is 0 Å². The highest BCUT2D eigenvalue weighted by molar-refractivity contribution is 6.31. The second-order valence-corrected chi connectivity index (χ2v) is 4.48. The minimum Gasteiger partial charge on any atom is -0.398 e. The van der Waals surface area contributed by atoms with Gasteiger partial charge in [0, 0.05) is 16.3 Å². The summed E-state index contributed by atoms with van der Waals surface area (Å²) in [6.45, 7) is 10.2. The van der Waals surface area contributed by atoms with E-state index in [1.54, 1.807) is 0 Å². The molecule has 2 heteroatoms. The van der Waals surface area contributed by atoms with Crippen LogP contribution in [-0.4, -0.2) is 0 Å². The number of hydrogen-bond acceptors (Lipinski definition) is 1. The number of nitrogen functional groups attached to an aromatic ring is 1. The maximum absolute atomic E-state index is 6.11.